The Hall–Kier alpha value is -3.06. The number of anilines is 1. The van der Waals surface area contributed by atoms with Crippen molar-refractivity contribution in [1.29, 1.82) is 5.26 Å². The maximum atomic E-state index is 12.1. The lowest BCUT2D eigenvalue weighted by Crippen LogP contribution is -2.11. The number of aromatic nitrogens is 1. The zero-order valence-electron chi connectivity index (χ0n) is 15.0. The Morgan fingerprint density at radius 2 is 2.04 bits per heavy atom. The van der Waals surface area contributed by atoms with E-state index in [9.17, 15) is 4.79 Å². The summed E-state index contributed by atoms with van der Waals surface area (Å²) >= 11 is 0. The Bertz CT molecular complexity index is 949. The predicted octanol–water partition coefficient (Wildman–Crippen LogP) is 5.08. The van der Waals surface area contributed by atoms with E-state index in [0.29, 0.717) is 18.5 Å². The Kier molecular flexibility index (Phi) is 5.70. The number of amides is 1. The van der Waals surface area contributed by atoms with Gasteiger partial charge in [0.25, 0.3) is 0 Å². The molecular formula is C22H23N3O. The molecule has 3 rings (SSSR count). The number of nitrogens with zero attached hydrogens (tertiary/aromatic N) is 2. The number of hydrogen-bond acceptors (Lipinski definition) is 2. The molecule has 0 aliphatic heterocycles. The highest BCUT2D eigenvalue weighted by Crippen LogP contribution is 2.22. The van der Waals surface area contributed by atoms with Crippen LogP contribution >= 0.6 is 0 Å². The van der Waals surface area contributed by atoms with Crippen LogP contribution < -0.4 is 5.32 Å². The fourth-order valence-corrected chi connectivity index (χ4v) is 3.09. The molecule has 0 saturated carbocycles. The van der Waals surface area contributed by atoms with Crippen LogP contribution in [-0.4, -0.2) is 10.5 Å². The maximum Gasteiger partial charge on any atom is 0.224 e. The molecule has 2 aromatic carbocycles. The molecule has 132 valence electrons. The number of carbonyl (C=O) groups excluding carboxylic acids is 1. The molecule has 4 heteroatoms. The van der Waals surface area contributed by atoms with Crippen LogP contribution in [0.5, 0.6) is 0 Å². The number of nitrogens with one attached hydrogen (secondary N) is 1. The molecule has 0 aliphatic rings. The lowest BCUT2D eigenvalue weighted by molar-refractivity contribution is -0.116. The lowest BCUT2D eigenvalue weighted by Gasteiger charge is -2.09. The third-order valence-electron chi connectivity index (χ3n) is 4.47. The number of carbonyl (C=O) groups is 1. The van der Waals surface area contributed by atoms with Gasteiger partial charge in [-0.25, -0.2) is 0 Å². The lowest BCUT2D eigenvalue weighted by atomic mass is 10.1. The van der Waals surface area contributed by atoms with Crippen LogP contribution in [0.4, 0.5) is 5.69 Å². The van der Waals surface area contributed by atoms with E-state index >= 15 is 0 Å². The van der Waals surface area contributed by atoms with Crippen molar-refractivity contribution in [2.45, 2.75) is 39.2 Å². The van der Waals surface area contributed by atoms with E-state index < -0.39 is 0 Å². The van der Waals surface area contributed by atoms with Crippen molar-refractivity contribution in [3.05, 3.63) is 65.9 Å². The van der Waals surface area contributed by atoms with Crippen LogP contribution in [0.2, 0.25) is 0 Å². The average molecular weight is 345 g/mol. The fraction of sp³-hybridized carbons (Fsp3) is 0.273. The van der Waals surface area contributed by atoms with E-state index in [1.165, 1.54) is 0 Å². The van der Waals surface area contributed by atoms with Crippen molar-refractivity contribution in [3.8, 4) is 6.07 Å². The van der Waals surface area contributed by atoms with Gasteiger partial charge < -0.3 is 9.88 Å². The van der Waals surface area contributed by atoms with Crippen molar-refractivity contribution < 1.29 is 4.79 Å². The van der Waals surface area contributed by atoms with Crippen molar-refractivity contribution in [2.75, 3.05) is 5.32 Å². The number of hydrogen-bond donors (Lipinski definition) is 1. The van der Waals surface area contributed by atoms with Crippen LogP contribution in [0.3, 0.4) is 0 Å². The second-order valence-corrected chi connectivity index (χ2v) is 6.53. The van der Waals surface area contributed by atoms with Gasteiger partial charge in [0.2, 0.25) is 5.91 Å². The molecule has 0 unspecified atom stereocenters. The molecule has 0 aliphatic carbocycles. The summed E-state index contributed by atoms with van der Waals surface area (Å²) in [6.45, 7) is 2.82. The first-order valence-electron chi connectivity index (χ1n) is 9.07. The van der Waals surface area contributed by atoms with Gasteiger partial charge in [0.1, 0.15) is 0 Å². The minimum atomic E-state index is 0.0672. The first-order chi connectivity index (χ1) is 12.7. The molecule has 26 heavy (non-hydrogen) atoms. The van der Waals surface area contributed by atoms with Gasteiger partial charge in [-0.2, -0.15) is 5.26 Å². The molecule has 1 aromatic heterocycles. The van der Waals surface area contributed by atoms with E-state index in [1.807, 2.05) is 48.7 Å². The Labute approximate surface area is 154 Å². The van der Waals surface area contributed by atoms with Gasteiger partial charge in [0.15, 0.2) is 0 Å². The molecule has 1 N–H and O–H groups in total. The minimum absolute atomic E-state index is 0.0672. The van der Waals surface area contributed by atoms with E-state index in [1.54, 1.807) is 0 Å². The summed E-state index contributed by atoms with van der Waals surface area (Å²) in [4.78, 5) is 12.1. The molecule has 1 heterocycles. The summed E-state index contributed by atoms with van der Waals surface area (Å²) in [6.07, 6.45) is 5.72. The third kappa shape index (κ3) is 4.31. The molecule has 0 bridgehead atoms. The zero-order valence-corrected chi connectivity index (χ0v) is 15.0. The van der Waals surface area contributed by atoms with Gasteiger partial charge in [-0.05, 0) is 47.7 Å². The van der Waals surface area contributed by atoms with Gasteiger partial charge in [-0.15, -0.1) is 0 Å². The van der Waals surface area contributed by atoms with E-state index in [0.717, 1.165) is 41.4 Å². The Balaban J connectivity index is 1.77. The van der Waals surface area contributed by atoms with Crippen LogP contribution in [0, 0.1) is 11.3 Å². The number of unbranched alkanes of at least 4 members (excludes halogenated alkanes) is 2. The average Bonchev–Trinajstić information content (AvgIpc) is 3.04. The highest BCUT2D eigenvalue weighted by Gasteiger charge is 2.06. The summed E-state index contributed by atoms with van der Waals surface area (Å²) in [6, 6.07) is 17.9. The topological polar surface area (TPSA) is 57.8 Å². The van der Waals surface area contributed by atoms with Crippen molar-refractivity contribution in [2.24, 2.45) is 0 Å². The molecule has 4 nitrogen and oxygen atoms in total. The first kappa shape index (κ1) is 17.8. The van der Waals surface area contributed by atoms with Gasteiger partial charge in [-0.1, -0.05) is 38.0 Å². The van der Waals surface area contributed by atoms with Crippen LogP contribution in [0.15, 0.2) is 54.7 Å². The smallest absolute Gasteiger partial charge is 0.224 e. The predicted molar refractivity (Wildman–Crippen MR) is 105 cm³/mol. The molecule has 3 aromatic rings. The Morgan fingerprint density at radius 1 is 1.15 bits per heavy atom. The standard InChI is InChI=1S/C22H23N3O/c1-2-3-4-8-22(26)24-20-10-9-19-11-12-25(21(19)14-20)16-18-7-5-6-17(13-18)15-23/h5-7,9-14H,2-4,8,16H2,1H3,(H,24,26). The van der Waals surface area contributed by atoms with E-state index in [2.05, 4.69) is 28.9 Å². The van der Waals surface area contributed by atoms with Crippen molar-refractivity contribution in [1.82, 2.24) is 4.57 Å². The van der Waals surface area contributed by atoms with Gasteiger partial charge in [0, 0.05) is 24.8 Å². The summed E-state index contributed by atoms with van der Waals surface area (Å²) in [7, 11) is 0. The number of rotatable bonds is 7. The molecule has 0 atom stereocenters. The molecule has 1 amide bonds. The van der Waals surface area contributed by atoms with Crippen molar-refractivity contribution >= 4 is 22.5 Å². The van der Waals surface area contributed by atoms with Crippen LogP contribution in [0.25, 0.3) is 10.9 Å². The largest absolute Gasteiger partial charge is 0.343 e. The van der Waals surface area contributed by atoms with Crippen molar-refractivity contribution in [3.63, 3.8) is 0 Å². The minimum Gasteiger partial charge on any atom is -0.343 e. The molecule has 0 radical (unpaired) electrons. The van der Waals surface area contributed by atoms with Gasteiger partial charge in [0.05, 0.1) is 17.1 Å². The molecule has 0 fully saturated rings. The number of fused-ring (bicyclic) bond motifs is 1. The summed E-state index contributed by atoms with van der Waals surface area (Å²) in [5.74, 6) is 0.0672. The highest BCUT2D eigenvalue weighted by molar-refractivity contribution is 5.93. The molecular weight excluding hydrogens is 322 g/mol. The SMILES string of the molecule is CCCCCC(=O)Nc1ccc2ccn(Cc3cccc(C#N)c3)c2c1. The van der Waals surface area contributed by atoms with E-state index in [4.69, 9.17) is 5.26 Å². The molecule has 0 spiro atoms. The normalized spacial score (nSPS) is 10.6. The zero-order chi connectivity index (χ0) is 18.4. The number of nitriles is 1. The van der Waals surface area contributed by atoms with Crippen LogP contribution in [0.1, 0.15) is 43.7 Å². The first-order valence-corrected chi connectivity index (χ1v) is 9.07. The number of benzene rings is 2. The Morgan fingerprint density at radius 3 is 2.85 bits per heavy atom. The maximum absolute atomic E-state index is 12.1. The summed E-state index contributed by atoms with van der Waals surface area (Å²) < 4.78 is 2.14. The molecule has 0 saturated heterocycles. The second kappa shape index (κ2) is 8.35. The fourth-order valence-electron chi connectivity index (χ4n) is 3.09. The summed E-state index contributed by atoms with van der Waals surface area (Å²) in [5, 5.41) is 13.2. The van der Waals surface area contributed by atoms with Crippen LogP contribution in [-0.2, 0) is 11.3 Å². The quantitative estimate of drug-likeness (QED) is 0.607. The van der Waals surface area contributed by atoms with Gasteiger partial charge in [-0.3, -0.25) is 4.79 Å². The second-order valence-electron chi connectivity index (χ2n) is 6.53. The summed E-state index contributed by atoms with van der Waals surface area (Å²) in [5.41, 5.74) is 3.64. The third-order valence-corrected chi connectivity index (χ3v) is 4.47. The van der Waals surface area contributed by atoms with Gasteiger partial charge >= 0.3 is 0 Å². The highest BCUT2D eigenvalue weighted by atomic mass is 16.1. The van der Waals surface area contributed by atoms with E-state index in [-0.39, 0.29) is 5.91 Å². The monoisotopic (exact) mass is 345 g/mol.